The number of carbonyl (C=O) groups is 3. The van der Waals surface area contributed by atoms with Crippen LogP contribution in [0.15, 0.2) is 97.1 Å². The molecule has 7 rings (SSSR count). The Morgan fingerprint density at radius 1 is 0.843 bits per heavy atom. The van der Waals surface area contributed by atoms with Crippen LogP contribution in [0.1, 0.15) is 67.2 Å². The summed E-state index contributed by atoms with van der Waals surface area (Å²) in [5.74, 6) is 0.231. The first-order valence-corrected chi connectivity index (χ1v) is 17.9. The highest BCUT2D eigenvalue weighted by molar-refractivity contribution is 5.83. The van der Waals surface area contributed by atoms with E-state index in [1.54, 1.807) is 7.11 Å². The summed E-state index contributed by atoms with van der Waals surface area (Å²) >= 11 is 0. The summed E-state index contributed by atoms with van der Waals surface area (Å²) in [6.45, 7) is 2.90. The second-order valence-corrected chi connectivity index (χ2v) is 13.7. The molecule has 2 aliphatic heterocycles. The largest absolute Gasteiger partial charge is 0.457 e. The van der Waals surface area contributed by atoms with E-state index in [1.165, 1.54) is 11.8 Å². The van der Waals surface area contributed by atoms with Gasteiger partial charge >= 0.3 is 6.09 Å². The van der Waals surface area contributed by atoms with E-state index < -0.39 is 23.6 Å². The van der Waals surface area contributed by atoms with Gasteiger partial charge in [0.25, 0.3) is 0 Å². The molecule has 1 saturated heterocycles. The lowest BCUT2D eigenvalue weighted by molar-refractivity contribution is -0.131. The van der Waals surface area contributed by atoms with Crippen LogP contribution in [0.25, 0.3) is 11.1 Å². The fourth-order valence-corrected chi connectivity index (χ4v) is 8.29. The van der Waals surface area contributed by atoms with Crippen molar-refractivity contribution in [3.63, 3.8) is 0 Å². The third kappa shape index (κ3) is 6.70. The number of nitrogens with one attached hydrogen (secondary N) is 2. The maximum absolute atomic E-state index is 14.3. The molecule has 0 saturated carbocycles. The van der Waals surface area contributed by atoms with E-state index in [0.29, 0.717) is 32.5 Å². The van der Waals surface area contributed by atoms with Crippen LogP contribution < -0.4 is 15.4 Å². The minimum atomic E-state index is -0.848. The molecule has 2 heterocycles. The number of hydrogen-bond acceptors (Lipinski definition) is 6. The van der Waals surface area contributed by atoms with E-state index in [2.05, 4.69) is 47.0 Å². The van der Waals surface area contributed by atoms with Gasteiger partial charge in [0.1, 0.15) is 24.3 Å². The van der Waals surface area contributed by atoms with Gasteiger partial charge in [0.15, 0.2) is 0 Å². The number of benzene rings is 4. The van der Waals surface area contributed by atoms with E-state index in [4.69, 9.17) is 14.2 Å². The van der Waals surface area contributed by atoms with Crippen LogP contribution in [-0.4, -0.2) is 62.4 Å². The fourth-order valence-electron chi connectivity index (χ4n) is 8.29. The van der Waals surface area contributed by atoms with Gasteiger partial charge in [-0.2, -0.15) is 0 Å². The molecule has 9 heteroatoms. The quantitative estimate of drug-likeness (QED) is 0.163. The van der Waals surface area contributed by atoms with Gasteiger partial charge in [0.2, 0.25) is 11.8 Å². The Labute approximate surface area is 299 Å². The molecule has 3 amide bonds. The second-order valence-electron chi connectivity index (χ2n) is 13.7. The summed E-state index contributed by atoms with van der Waals surface area (Å²) in [4.78, 5) is 42.2. The zero-order valence-corrected chi connectivity index (χ0v) is 29.2. The zero-order chi connectivity index (χ0) is 35.4. The van der Waals surface area contributed by atoms with Gasteiger partial charge in [0.05, 0.1) is 5.92 Å². The molecule has 264 valence electrons. The van der Waals surface area contributed by atoms with Gasteiger partial charge in [-0.05, 0) is 66.5 Å². The van der Waals surface area contributed by atoms with Crippen molar-refractivity contribution in [3.05, 3.63) is 119 Å². The number of likely N-dealkylation sites (tertiary alicyclic amines) is 1. The molecule has 9 nitrogen and oxygen atoms in total. The molecule has 2 N–H and O–H groups in total. The first-order chi connectivity index (χ1) is 24.9. The van der Waals surface area contributed by atoms with Crippen molar-refractivity contribution in [1.82, 2.24) is 15.5 Å². The highest BCUT2D eigenvalue weighted by Crippen LogP contribution is 2.50. The number of nitrogens with zero attached hydrogens (tertiary/aromatic N) is 1. The number of ether oxygens (including phenoxy) is 3. The van der Waals surface area contributed by atoms with Crippen LogP contribution in [0, 0.1) is 5.92 Å². The highest BCUT2D eigenvalue weighted by Gasteiger charge is 2.44. The molecule has 1 unspecified atom stereocenters. The Kier molecular flexibility index (Phi) is 10.1. The van der Waals surface area contributed by atoms with Gasteiger partial charge in [-0.3, -0.25) is 14.5 Å². The Bertz CT molecular complexity index is 1820. The molecule has 4 aromatic rings. The average molecular weight is 688 g/mol. The molecular weight excluding hydrogens is 642 g/mol. The number of amides is 3. The van der Waals surface area contributed by atoms with Gasteiger partial charge in [-0.25, -0.2) is 4.79 Å². The van der Waals surface area contributed by atoms with E-state index in [0.717, 1.165) is 64.1 Å². The molecule has 0 spiro atoms. The van der Waals surface area contributed by atoms with E-state index in [9.17, 15) is 14.4 Å². The van der Waals surface area contributed by atoms with Crippen LogP contribution in [0.4, 0.5) is 4.79 Å². The molecule has 4 aromatic carbocycles. The topological polar surface area (TPSA) is 106 Å². The standard InChI is InChI=1S/C42H45N3O6/c1-28(46)44-39-33(18-13-24-45(39)41(48)50-26-34-31-16-5-3-14-29(31)30-15-4-6-17-32(30)34)40(47)43-27-42(23-11-12-25-49-2)35-19-7-9-21-37(35)51-38-22-10-8-20-36(38)42/h3-10,14-17,19-22,33-34,39H,11-13,18,23-27H2,1-2H3,(H,43,47)(H,44,46)/t33-,39?/m0/s1. The third-order valence-corrected chi connectivity index (χ3v) is 10.7. The number of piperidine rings is 1. The second kappa shape index (κ2) is 15.0. The molecule has 2 atom stereocenters. The Balaban J connectivity index is 1.11. The number of methoxy groups -OCH3 is 1. The predicted molar refractivity (Wildman–Crippen MR) is 195 cm³/mol. The molecule has 3 aliphatic rings. The summed E-state index contributed by atoms with van der Waals surface area (Å²) in [5.41, 5.74) is 6.01. The van der Waals surface area contributed by atoms with E-state index >= 15 is 0 Å². The predicted octanol–water partition coefficient (Wildman–Crippen LogP) is 7.13. The van der Waals surface area contributed by atoms with E-state index in [-0.39, 0.29) is 24.3 Å². The van der Waals surface area contributed by atoms with Crippen molar-refractivity contribution in [2.75, 3.05) is 33.4 Å². The highest BCUT2D eigenvalue weighted by atomic mass is 16.6. The minimum absolute atomic E-state index is 0.102. The van der Waals surface area contributed by atoms with Crippen molar-refractivity contribution in [1.29, 1.82) is 0 Å². The number of para-hydroxylation sites is 2. The van der Waals surface area contributed by atoms with Gasteiger partial charge in [-0.15, -0.1) is 0 Å². The van der Waals surface area contributed by atoms with Crippen molar-refractivity contribution in [2.24, 2.45) is 5.92 Å². The molecule has 1 aliphatic carbocycles. The lowest BCUT2D eigenvalue weighted by atomic mass is 9.69. The molecule has 1 fully saturated rings. The lowest BCUT2D eigenvalue weighted by Gasteiger charge is -2.42. The summed E-state index contributed by atoms with van der Waals surface area (Å²) in [6, 6.07) is 32.4. The number of unbranched alkanes of at least 4 members (excludes halogenated alkanes) is 1. The summed E-state index contributed by atoms with van der Waals surface area (Å²) < 4.78 is 17.7. The molecule has 51 heavy (non-hydrogen) atoms. The average Bonchev–Trinajstić information content (AvgIpc) is 3.47. The Morgan fingerprint density at radius 2 is 1.45 bits per heavy atom. The van der Waals surface area contributed by atoms with Crippen LogP contribution >= 0.6 is 0 Å². The normalized spacial score (nSPS) is 18.4. The monoisotopic (exact) mass is 687 g/mol. The Hall–Kier alpha value is -5.15. The first-order valence-electron chi connectivity index (χ1n) is 17.9. The maximum Gasteiger partial charge on any atom is 0.411 e. The van der Waals surface area contributed by atoms with Crippen molar-refractivity contribution in [2.45, 2.75) is 56.5 Å². The van der Waals surface area contributed by atoms with Gasteiger partial charge < -0.3 is 24.8 Å². The summed E-state index contributed by atoms with van der Waals surface area (Å²) in [6.07, 6.45) is 2.23. The van der Waals surface area contributed by atoms with E-state index in [1.807, 2.05) is 60.7 Å². The minimum Gasteiger partial charge on any atom is -0.457 e. The molecule has 0 aromatic heterocycles. The van der Waals surface area contributed by atoms with Crippen LogP contribution in [0.2, 0.25) is 0 Å². The number of hydrogen-bond donors (Lipinski definition) is 2. The van der Waals surface area contributed by atoms with Crippen molar-refractivity contribution < 1.29 is 28.6 Å². The molecular formula is C42H45N3O6. The smallest absolute Gasteiger partial charge is 0.411 e. The fraction of sp³-hybridized carbons (Fsp3) is 0.357. The number of fused-ring (bicyclic) bond motifs is 5. The van der Waals surface area contributed by atoms with Gasteiger partial charge in [-0.1, -0.05) is 84.9 Å². The van der Waals surface area contributed by atoms with Crippen molar-refractivity contribution in [3.8, 4) is 22.6 Å². The number of rotatable bonds is 11. The van der Waals surface area contributed by atoms with Crippen LogP contribution in [-0.2, 0) is 24.5 Å². The SMILES string of the molecule is COCCCCC1(CNC(=O)[C@H]2CCCN(C(=O)OCC3c4ccccc4-c4ccccc43)C2NC(C)=O)c2ccccc2Oc2ccccc21. The van der Waals surface area contributed by atoms with Gasteiger partial charge in [0, 0.05) is 56.2 Å². The van der Waals surface area contributed by atoms with Crippen molar-refractivity contribution >= 4 is 17.9 Å². The number of carbonyl (C=O) groups excluding carboxylic acids is 3. The third-order valence-electron chi connectivity index (χ3n) is 10.7. The lowest BCUT2D eigenvalue weighted by Crippen LogP contribution is -2.60. The van der Waals surface area contributed by atoms with Crippen LogP contribution in [0.3, 0.4) is 0 Å². The molecule has 0 radical (unpaired) electrons. The summed E-state index contributed by atoms with van der Waals surface area (Å²) in [5, 5.41) is 6.21. The molecule has 0 bridgehead atoms. The maximum atomic E-state index is 14.3. The Morgan fingerprint density at radius 3 is 2.08 bits per heavy atom. The summed E-state index contributed by atoms with van der Waals surface area (Å²) in [7, 11) is 1.70. The van der Waals surface area contributed by atoms with Crippen LogP contribution in [0.5, 0.6) is 11.5 Å². The zero-order valence-electron chi connectivity index (χ0n) is 29.2. The first kappa shape index (κ1) is 34.3.